The van der Waals surface area contributed by atoms with E-state index < -0.39 is 17.0 Å². The molecule has 1 aliphatic carbocycles. The topological polar surface area (TPSA) is 57.5 Å². The molecule has 0 aromatic heterocycles. The summed E-state index contributed by atoms with van der Waals surface area (Å²) in [4.78, 5) is 10.9. The van der Waals surface area contributed by atoms with Crippen LogP contribution in [0.3, 0.4) is 0 Å². The van der Waals surface area contributed by atoms with Gasteiger partial charge in [0.25, 0.3) is 0 Å². The first kappa shape index (κ1) is 11.5. The SMILES string of the molecule is CC(C)(CC1(O)CCCCC1)C(=O)O. The Bertz CT molecular complexity index is 215. The maximum atomic E-state index is 10.9. The summed E-state index contributed by atoms with van der Waals surface area (Å²) in [6, 6.07) is 0. The number of hydrogen-bond donors (Lipinski definition) is 2. The van der Waals surface area contributed by atoms with Gasteiger partial charge in [-0.15, -0.1) is 0 Å². The van der Waals surface area contributed by atoms with Crippen LogP contribution < -0.4 is 0 Å². The zero-order valence-corrected chi connectivity index (χ0v) is 9.05. The zero-order valence-electron chi connectivity index (χ0n) is 9.05. The molecule has 0 aliphatic heterocycles. The Balaban J connectivity index is 2.61. The van der Waals surface area contributed by atoms with Gasteiger partial charge in [0, 0.05) is 0 Å². The Kier molecular flexibility index (Phi) is 3.20. The van der Waals surface area contributed by atoms with Crippen LogP contribution in [0.5, 0.6) is 0 Å². The molecule has 0 unspecified atom stereocenters. The highest BCUT2D eigenvalue weighted by atomic mass is 16.4. The Labute approximate surface area is 85.1 Å². The van der Waals surface area contributed by atoms with Crippen LogP contribution >= 0.6 is 0 Å². The predicted octanol–water partition coefficient (Wildman–Crippen LogP) is 2.18. The molecule has 0 aromatic rings. The Hall–Kier alpha value is -0.570. The molecular weight excluding hydrogens is 180 g/mol. The van der Waals surface area contributed by atoms with Gasteiger partial charge in [-0.25, -0.2) is 0 Å². The van der Waals surface area contributed by atoms with Gasteiger partial charge in [0.05, 0.1) is 11.0 Å². The van der Waals surface area contributed by atoms with Crippen molar-refractivity contribution in [3.63, 3.8) is 0 Å². The molecule has 0 amide bonds. The molecule has 1 aliphatic rings. The van der Waals surface area contributed by atoms with Crippen molar-refractivity contribution in [2.45, 2.75) is 58.0 Å². The molecule has 1 saturated carbocycles. The fraction of sp³-hybridized carbons (Fsp3) is 0.909. The third-order valence-electron chi connectivity index (χ3n) is 3.13. The summed E-state index contributed by atoms with van der Waals surface area (Å²) in [6.45, 7) is 3.36. The van der Waals surface area contributed by atoms with Gasteiger partial charge in [-0.05, 0) is 33.1 Å². The summed E-state index contributed by atoms with van der Waals surface area (Å²) in [6.07, 6.45) is 5.08. The standard InChI is InChI=1S/C11H20O3/c1-10(2,9(12)13)8-11(14)6-4-3-5-7-11/h14H,3-8H2,1-2H3,(H,12,13). The quantitative estimate of drug-likeness (QED) is 0.734. The molecule has 0 atom stereocenters. The molecule has 3 heteroatoms. The molecule has 14 heavy (non-hydrogen) atoms. The average molecular weight is 200 g/mol. The van der Waals surface area contributed by atoms with E-state index in [2.05, 4.69) is 0 Å². The minimum Gasteiger partial charge on any atom is -0.481 e. The monoisotopic (exact) mass is 200 g/mol. The van der Waals surface area contributed by atoms with Gasteiger partial charge < -0.3 is 10.2 Å². The van der Waals surface area contributed by atoms with E-state index in [4.69, 9.17) is 5.11 Å². The Morgan fingerprint density at radius 2 is 1.79 bits per heavy atom. The van der Waals surface area contributed by atoms with E-state index in [0.717, 1.165) is 32.1 Å². The summed E-state index contributed by atoms with van der Waals surface area (Å²) in [5, 5.41) is 19.2. The van der Waals surface area contributed by atoms with Crippen LogP contribution in [0.2, 0.25) is 0 Å². The zero-order chi connectivity index (χ0) is 10.8. The molecule has 82 valence electrons. The fourth-order valence-electron chi connectivity index (χ4n) is 2.28. The van der Waals surface area contributed by atoms with Crippen molar-refractivity contribution in [1.29, 1.82) is 0 Å². The number of carboxylic acid groups (broad SMARTS) is 1. The smallest absolute Gasteiger partial charge is 0.309 e. The van der Waals surface area contributed by atoms with Crippen LogP contribution in [0, 0.1) is 5.41 Å². The van der Waals surface area contributed by atoms with Crippen LogP contribution in [0.4, 0.5) is 0 Å². The highest BCUT2D eigenvalue weighted by molar-refractivity contribution is 5.73. The number of rotatable bonds is 3. The molecule has 1 rings (SSSR count). The van der Waals surface area contributed by atoms with Gasteiger partial charge in [0.15, 0.2) is 0 Å². The Morgan fingerprint density at radius 3 is 2.21 bits per heavy atom. The molecule has 3 nitrogen and oxygen atoms in total. The minimum atomic E-state index is -0.823. The van der Waals surface area contributed by atoms with E-state index in [1.807, 2.05) is 0 Å². The van der Waals surface area contributed by atoms with Crippen molar-refractivity contribution < 1.29 is 15.0 Å². The highest BCUT2D eigenvalue weighted by Crippen LogP contribution is 2.37. The summed E-state index contributed by atoms with van der Waals surface area (Å²) in [5.74, 6) is -0.823. The highest BCUT2D eigenvalue weighted by Gasteiger charge is 2.39. The van der Waals surface area contributed by atoms with Crippen LogP contribution in [0.25, 0.3) is 0 Å². The van der Waals surface area contributed by atoms with E-state index in [1.165, 1.54) is 0 Å². The first-order chi connectivity index (χ1) is 6.36. The largest absolute Gasteiger partial charge is 0.481 e. The summed E-state index contributed by atoms with van der Waals surface area (Å²) >= 11 is 0. The predicted molar refractivity (Wildman–Crippen MR) is 54.1 cm³/mol. The summed E-state index contributed by atoms with van der Waals surface area (Å²) in [5.41, 5.74) is -1.55. The van der Waals surface area contributed by atoms with Crippen molar-refractivity contribution in [3.05, 3.63) is 0 Å². The lowest BCUT2D eigenvalue weighted by atomic mass is 9.73. The molecule has 0 radical (unpaired) electrons. The van der Waals surface area contributed by atoms with Gasteiger partial charge in [-0.1, -0.05) is 19.3 Å². The molecule has 0 heterocycles. The second-order valence-corrected chi connectivity index (χ2v) is 5.15. The second kappa shape index (κ2) is 3.89. The summed E-state index contributed by atoms with van der Waals surface area (Å²) in [7, 11) is 0. The van der Waals surface area contributed by atoms with Crippen molar-refractivity contribution in [3.8, 4) is 0 Å². The van der Waals surface area contributed by atoms with E-state index in [0.29, 0.717) is 6.42 Å². The molecule has 2 N–H and O–H groups in total. The van der Waals surface area contributed by atoms with E-state index in [-0.39, 0.29) is 0 Å². The number of hydrogen-bond acceptors (Lipinski definition) is 2. The lowest BCUT2D eigenvalue weighted by molar-refractivity contribution is -0.151. The lowest BCUT2D eigenvalue weighted by Gasteiger charge is -2.36. The van der Waals surface area contributed by atoms with Gasteiger partial charge in [-0.2, -0.15) is 0 Å². The molecule has 0 saturated heterocycles. The van der Waals surface area contributed by atoms with E-state index in [1.54, 1.807) is 13.8 Å². The lowest BCUT2D eigenvalue weighted by Crippen LogP contribution is -2.39. The van der Waals surface area contributed by atoms with Crippen LogP contribution in [0.15, 0.2) is 0 Å². The number of aliphatic carboxylic acids is 1. The molecule has 0 bridgehead atoms. The number of carboxylic acids is 1. The first-order valence-corrected chi connectivity index (χ1v) is 5.32. The minimum absolute atomic E-state index is 0.370. The van der Waals surface area contributed by atoms with Crippen LogP contribution in [0.1, 0.15) is 52.4 Å². The maximum Gasteiger partial charge on any atom is 0.309 e. The first-order valence-electron chi connectivity index (χ1n) is 5.32. The molecule has 1 fully saturated rings. The molecule has 0 aromatic carbocycles. The van der Waals surface area contributed by atoms with Gasteiger partial charge >= 0.3 is 5.97 Å². The van der Waals surface area contributed by atoms with Crippen molar-refractivity contribution in [1.82, 2.24) is 0 Å². The molecule has 0 spiro atoms. The van der Waals surface area contributed by atoms with Crippen LogP contribution in [-0.4, -0.2) is 21.8 Å². The second-order valence-electron chi connectivity index (χ2n) is 5.15. The number of aliphatic hydroxyl groups is 1. The van der Waals surface area contributed by atoms with Crippen molar-refractivity contribution >= 4 is 5.97 Å². The van der Waals surface area contributed by atoms with Gasteiger partial charge in [0.1, 0.15) is 0 Å². The molecular formula is C11H20O3. The van der Waals surface area contributed by atoms with Crippen molar-refractivity contribution in [2.24, 2.45) is 5.41 Å². The normalized spacial score (nSPS) is 21.9. The fourth-order valence-corrected chi connectivity index (χ4v) is 2.28. The van der Waals surface area contributed by atoms with E-state index in [9.17, 15) is 9.90 Å². The number of carbonyl (C=O) groups is 1. The van der Waals surface area contributed by atoms with Gasteiger partial charge in [-0.3, -0.25) is 4.79 Å². The van der Waals surface area contributed by atoms with Crippen LogP contribution in [-0.2, 0) is 4.79 Å². The third-order valence-corrected chi connectivity index (χ3v) is 3.13. The van der Waals surface area contributed by atoms with Gasteiger partial charge in [0.2, 0.25) is 0 Å². The average Bonchev–Trinajstić information content (AvgIpc) is 2.03. The van der Waals surface area contributed by atoms with Crippen molar-refractivity contribution in [2.75, 3.05) is 0 Å². The Morgan fingerprint density at radius 1 is 1.29 bits per heavy atom. The maximum absolute atomic E-state index is 10.9. The van der Waals surface area contributed by atoms with E-state index >= 15 is 0 Å². The third kappa shape index (κ3) is 2.71. The summed E-state index contributed by atoms with van der Waals surface area (Å²) < 4.78 is 0.